The Morgan fingerprint density at radius 1 is 0.938 bits per heavy atom. The number of benzene rings is 2. The average molecular weight is 226 g/mol. The molecule has 2 aromatic carbocycles. The minimum Gasteiger partial charge on any atom is -0.123 e. The zero-order valence-corrected chi connectivity index (χ0v) is 10.5. The van der Waals surface area contributed by atoms with E-state index in [1.807, 2.05) is 0 Å². The van der Waals surface area contributed by atoms with Gasteiger partial charge in [0.25, 0.3) is 0 Å². The number of rotatable bonds is 2. The van der Waals surface area contributed by atoms with E-state index in [9.17, 15) is 0 Å². The van der Waals surface area contributed by atoms with Gasteiger partial charge in [-0.25, -0.2) is 0 Å². The maximum Gasteiger partial charge on any atom is -0.000327 e. The highest BCUT2D eigenvalue weighted by atomic mass is 31.0. The molecule has 80 valence electrons. The molecule has 0 nitrogen and oxygen atoms in total. The summed E-state index contributed by atoms with van der Waals surface area (Å²) < 4.78 is 0. The first kappa shape index (κ1) is 9.93. The van der Waals surface area contributed by atoms with Gasteiger partial charge in [-0.2, -0.15) is 0 Å². The maximum absolute atomic E-state index is 2.29. The normalized spacial score (nSPS) is 11.8. The number of fused-ring (bicyclic) bond motifs is 3. The predicted molar refractivity (Wildman–Crippen MR) is 75.0 cm³/mol. The molecule has 0 saturated heterocycles. The zero-order chi connectivity index (χ0) is 11.0. The second-order valence-electron chi connectivity index (χ2n) is 4.26. The molecule has 1 aromatic heterocycles. The minimum atomic E-state index is 0.852. The van der Waals surface area contributed by atoms with Gasteiger partial charge in [-0.1, -0.05) is 55.8 Å². The molecule has 0 aliphatic carbocycles. The topological polar surface area (TPSA) is 0 Å². The van der Waals surface area contributed by atoms with Crippen molar-refractivity contribution in [2.75, 3.05) is 0 Å². The fourth-order valence-corrected chi connectivity index (χ4v) is 3.87. The molecule has 1 unspecified atom stereocenters. The molecule has 0 aliphatic heterocycles. The van der Waals surface area contributed by atoms with Gasteiger partial charge in [-0.05, 0) is 33.0 Å². The highest BCUT2D eigenvalue weighted by Crippen LogP contribution is 2.39. The molecule has 0 fully saturated rings. The van der Waals surface area contributed by atoms with E-state index in [2.05, 4.69) is 49.4 Å². The Labute approximate surface area is 97.4 Å². The Bertz CT molecular complexity index is 634. The molecule has 1 atom stereocenters. The second kappa shape index (κ2) is 3.96. The Morgan fingerprint density at radius 3 is 2.62 bits per heavy atom. The molecule has 0 N–H and O–H groups in total. The first-order valence-corrected chi connectivity index (χ1v) is 6.88. The van der Waals surface area contributed by atoms with Crippen LogP contribution in [-0.4, -0.2) is 0 Å². The Morgan fingerprint density at radius 2 is 1.75 bits per heavy atom. The Kier molecular flexibility index (Phi) is 2.46. The molecule has 0 aliphatic rings. The third-order valence-electron chi connectivity index (χ3n) is 3.14. The van der Waals surface area contributed by atoms with Gasteiger partial charge in [0, 0.05) is 0 Å². The average Bonchev–Trinajstić information content (AvgIpc) is 2.68. The molecule has 1 heteroatoms. The summed E-state index contributed by atoms with van der Waals surface area (Å²) >= 11 is 0. The van der Waals surface area contributed by atoms with Gasteiger partial charge in [0.15, 0.2) is 0 Å². The molecule has 16 heavy (non-hydrogen) atoms. The van der Waals surface area contributed by atoms with Gasteiger partial charge < -0.3 is 0 Å². The molecule has 0 radical (unpaired) electrons. The van der Waals surface area contributed by atoms with Crippen molar-refractivity contribution in [2.45, 2.75) is 19.8 Å². The summed E-state index contributed by atoms with van der Waals surface area (Å²) in [4.78, 5) is 0. The highest BCUT2D eigenvalue weighted by Gasteiger charge is 2.06. The molecular formula is C15H15P. The smallest absolute Gasteiger partial charge is 0.000327 e. The SMILES string of the molecule is CCCc1cccc2[pH]c3ccccc3c12. The van der Waals surface area contributed by atoms with E-state index in [0.29, 0.717) is 0 Å². The van der Waals surface area contributed by atoms with Gasteiger partial charge in [-0.3, -0.25) is 0 Å². The van der Waals surface area contributed by atoms with Gasteiger partial charge in [0.2, 0.25) is 0 Å². The summed E-state index contributed by atoms with van der Waals surface area (Å²) in [6, 6.07) is 15.6. The molecule has 0 saturated carbocycles. The summed E-state index contributed by atoms with van der Waals surface area (Å²) in [6.07, 6.45) is 2.42. The van der Waals surface area contributed by atoms with E-state index in [4.69, 9.17) is 0 Å². The summed E-state index contributed by atoms with van der Waals surface area (Å²) in [6.45, 7) is 2.25. The van der Waals surface area contributed by atoms with Crippen molar-refractivity contribution in [3.8, 4) is 0 Å². The number of aryl methyl sites for hydroxylation is 1. The van der Waals surface area contributed by atoms with Crippen LogP contribution in [0.25, 0.3) is 21.0 Å². The van der Waals surface area contributed by atoms with Crippen molar-refractivity contribution >= 4 is 29.2 Å². The van der Waals surface area contributed by atoms with Crippen molar-refractivity contribution < 1.29 is 0 Å². The lowest BCUT2D eigenvalue weighted by atomic mass is 10.0. The monoisotopic (exact) mass is 226 g/mol. The second-order valence-corrected chi connectivity index (χ2v) is 5.59. The number of hydrogen-bond acceptors (Lipinski definition) is 0. The van der Waals surface area contributed by atoms with Crippen molar-refractivity contribution in [2.24, 2.45) is 0 Å². The van der Waals surface area contributed by atoms with Crippen LogP contribution in [0.2, 0.25) is 0 Å². The maximum atomic E-state index is 2.29. The van der Waals surface area contributed by atoms with E-state index < -0.39 is 0 Å². The summed E-state index contributed by atoms with van der Waals surface area (Å²) in [5.41, 5.74) is 1.53. The van der Waals surface area contributed by atoms with Crippen LogP contribution in [0.4, 0.5) is 0 Å². The number of hydrogen-bond donors (Lipinski definition) is 0. The van der Waals surface area contributed by atoms with Crippen molar-refractivity contribution in [3.63, 3.8) is 0 Å². The summed E-state index contributed by atoms with van der Waals surface area (Å²) in [5.74, 6) is 0. The van der Waals surface area contributed by atoms with Gasteiger partial charge in [0.1, 0.15) is 0 Å². The highest BCUT2D eigenvalue weighted by molar-refractivity contribution is 7.43. The third-order valence-corrected chi connectivity index (χ3v) is 4.53. The van der Waals surface area contributed by atoms with Gasteiger partial charge in [0.05, 0.1) is 0 Å². The van der Waals surface area contributed by atoms with E-state index in [1.54, 1.807) is 0 Å². The summed E-state index contributed by atoms with van der Waals surface area (Å²) in [5, 5.41) is 6.05. The van der Waals surface area contributed by atoms with Crippen LogP contribution in [0.1, 0.15) is 18.9 Å². The lowest BCUT2D eigenvalue weighted by molar-refractivity contribution is 0.930. The zero-order valence-electron chi connectivity index (χ0n) is 9.46. The molecule has 0 bridgehead atoms. The molecule has 3 aromatic rings. The lowest BCUT2D eigenvalue weighted by Crippen LogP contribution is -1.83. The first-order chi connectivity index (χ1) is 7.90. The lowest BCUT2D eigenvalue weighted by Gasteiger charge is -2.02. The molecule has 3 rings (SSSR count). The van der Waals surface area contributed by atoms with Crippen LogP contribution < -0.4 is 0 Å². The molecule has 1 heterocycles. The van der Waals surface area contributed by atoms with E-state index in [0.717, 1.165) is 8.19 Å². The van der Waals surface area contributed by atoms with Crippen molar-refractivity contribution in [1.82, 2.24) is 0 Å². The molecule has 0 spiro atoms. The third kappa shape index (κ3) is 1.45. The van der Waals surface area contributed by atoms with Crippen LogP contribution in [0.5, 0.6) is 0 Å². The fourth-order valence-electron chi connectivity index (χ4n) is 2.46. The quantitative estimate of drug-likeness (QED) is 0.578. The molecule has 0 amide bonds. The summed E-state index contributed by atoms with van der Waals surface area (Å²) in [7, 11) is 0.852. The van der Waals surface area contributed by atoms with Crippen LogP contribution in [0, 0.1) is 0 Å². The Balaban J connectivity index is 2.43. The standard InChI is InChI=1S/C15H15P/c1-2-6-11-7-5-10-14-15(11)12-8-3-4-9-13(12)16-14/h3-5,7-10,16H,2,6H2,1H3. The van der Waals surface area contributed by atoms with E-state index in [-0.39, 0.29) is 0 Å². The van der Waals surface area contributed by atoms with E-state index >= 15 is 0 Å². The molecular weight excluding hydrogens is 211 g/mol. The van der Waals surface area contributed by atoms with Crippen LogP contribution in [0.3, 0.4) is 0 Å². The van der Waals surface area contributed by atoms with E-state index in [1.165, 1.54) is 39.4 Å². The van der Waals surface area contributed by atoms with Gasteiger partial charge >= 0.3 is 0 Å². The van der Waals surface area contributed by atoms with Crippen molar-refractivity contribution in [3.05, 3.63) is 48.0 Å². The first-order valence-electron chi connectivity index (χ1n) is 5.88. The van der Waals surface area contributed by atoms with Gasteiger partial charge in [-0.15, -0.1) is 8.19 Å². The van der Waals surface area contributed by atoms with Crippen LogP contribution >= 0.6 is 8.19 Å². The Hall–Kier alpha value is -1.26. The fraction of sp³-hybridized carbons (Fsp3) is 0.200. The van der Waals surface area contributed by atoms with Crippen molar-refractivity contribution in [1.29, 1.82) is 0 Å². The minimum absolute atomic E-state index is 0.852. The largest absolute Gasteiger partial charge is 0.123 e. The van der Waals surface area contributed by atoms with Crippen LogP contribution in [-0.2, 0) is 6.42 Å². The predicted octanol–water partition coefficient (Wildman–Crippen LogP) is 4.98. The van der Waals surface area contributed by atoms with Crippen LogP contribution in [0.15, 0.2) is 42.5 Å².